The van der Waals surface area contributed by atoms with Crippen LogP contribution in [-0.2, 0) is 28.6 Å². The largest absolute Gasteiger partial charge is 0.462 e. The maximum Gasteiger partial charge on any atom is 0.306 e. The van der Waals surface area contributed by atoms with E-state index in [2.05, 4.69) is 227 Å². The molecule has 460 valence electrons. The second-order valence-electron chi connectivity index (χ2n) is 20.5. The van der Waals surface area contributed by atoms with Crippen LogP contribution in [0.3, 0.4) is 0 Å². The number of hydrogen-bond donors (Lipinski definition) is 0. The van der Waals surface area contributed by atoms with Gasteiger partial charge in [0.25, 0.3) is 0 Å². The van der Waals surface area contributed by atoms with Crippen LogP contribution < -0.4 is 0 Å². The highest BCUT2D eigenvalue weighted by Gasteiger charge is 2.19. The van der Waals surface area contributed by atoms with Gasteiger partial charge >= 0.3 is 17.9 Å². The first kappa shape index (κ1) is 77.0. The molecule has 0 heterocycles. The Morgan fingerprint density at radius 1 is 0.241 bits per heavy atom. The number of carbonyl (C=O) groups excluding carboxylic acids is 3. The molecule has 1 atom stereocenters. The van der Waals surface area contributed by atoms with Gasteiger partial charge in [0, 0.05) is 19.3 Å². The molecule has 0 saturated heterocycles. The van der Waals surface area contributed by atoms with Gasteiger partial charge in [0.15, 0.2) is 6.10 Å². The molecule has 0 N–H and O–H groups in total. The molecule has 0 fully saturated rings. The zero-order valence-electron chi connectivity index (χ0n) is 52.6. The first-order valence-electron chi connectivity index (χ1n) is 32.6. The minimum absolute atomic E-state index is 0.128. The van der Waals surface area contributed by atoms with Crippen LogP contribution in [0.2, 0.25) is 0 Å². The lowest BCUT2D eigenvalue weighted by Gasteiger charge is -2.18. The van der Waals surface area contributed by atoms with Crippen molar-refractivity contribution >= 4 is 17.9 Å². The molecule has 0 rings (SSSR count). The standard InChI is InChI=1S/C77H116O6/c1-4-7-10-13-16-19-22-25-28-31-32-33-34-35-36-37-38-39-40-41-42-43-44-47-49-52-55-58-61-64-67-70-76(79)82-73-74(83-77(80)71-68-65-62-59-56-53-50-46-30-27-24-21-18-15-12-9-6-3)72-81-75(78)69-66-63-60-57-54-51-48-45-29-26-23-20-17-14-11-8-5-2/h7-12,16-21,25-30,32-33,35-36,38-39,41-42,44,47,50,52-53,55,59,62,74H,4-6,13-15,22-24,31,34,37,40,43,45-46,48-49,51,54,56-58,60-61,63-73H2,1-3H3/b10-7-,11-8-,12-9-,19-16-,20-17-,21-18-,28-25-,29-26-,30-27-,33-32-,36-35-,39-38-,42-41-,47-44-,53-50-,55-52-,62-59-. The highest BCUT2D eigenvalue weighted by Crippen LogP contribution is 2.13. The van der Waals surface area contributed by atoms with Gasteiger partial charge in [-0.15, -0.1) is 0 Å². The van der Waals surface area contributed by atoms with Gasteiger partial charge in [-0.1, -0.05) is 266 Å². The van der Waals surface area contributed by atoms with E-state index < -0.39 is 6.10 Å². The van der Waals surface area contributed by atoms with Crippen LogP contribution in [-0.4, -0.2) is 37.2 Å². The molecule has 6 heteroatoms. The third kappa shape index (κ3) is 66.7. The fraction of sp³-hybridized carbons (Fsp3) is 0.519. The monoisotopic (exact) mass is 1140 g/mol. The molecule has 0 amide bonds. The van der Waals surface area contributed by atoms with Crippen LogP contribution in [0.1, 0.15) is 239 Å². The average molecular weight is 1140 g/mol. The van der Waals surface area contributed by atoms with E-state index in [4.69, 9.17) is 14.2 Å². The second-order valence-corrected chi connectivity index (χ2v) is 20.5. The number of rotatable bonds is 56. The summed E-state index contributed by atoms with van der Waals surface area (Å²) in [5.41, 5.74) is 0. The quantitative estimate of drug-likeness (QED) is 0.0261. The van der Waals surface area contributed by atoms with Gasteiger partial charge in [0.05, 0.1) is 0 Å². The number of allylic oxidation sites excluding steroid dienone is 34. The summed E-state index contributed by atoms with van der Waals surface area (Å²) in [6.45, 7) is 6.20. The van der Waals surface area contributed by atoms with Crippen LogP contribution in [0.5, 0.6) is 0 Å². The van der Waals surface area contributed by atoms with Gasteiger partial charge < -0.3 is 14.2 Å². The zero-order chi connectivity index (χ0) is 59.9. The number of ether oxygens (including phenoxy) is 3. The highest BCUT2D eigenvalue weighted by atomic mass is 16.6. The Hall–Kier alpha value is -6.01. The lowest BCUT2D eigenvalue weighted by atomic mass is 10.1. The summed E-state index contributed by atoms with van der Waals surface area (Å²) >= 11 is 0. The third-order valence-corrected chi connectivity index (χ3v) is 12.8. The van der Waals surface area contributed by atoms with Crippen molar-refractivity contribution in [3.63, 3.8) is 0 Å². The Labute approximate surface area is 509 Å². The van der Waals surface area contributed by atoms with Crippen molar-refractivity contribution in [3.8, 4) is 0 Å². The van der Waals surface area contributed by atoms with Crippen molar-refractivity contribution in [2.45, 2.75) is 245 Å². The summed E-state index contributed by atoms with van der Waals surface area (Å²) < 4.78 is 16.8. The van der Waals surface area contributed by atoms with Gasteiger partial charge in [-0.05, 0) is 161 Å². The molecule has 0 aliphatic heterocycles. The third-order valence-electron chi connectivity index (χ3n) is 12.8. The summed E-state index contributed by atoms with van der Waals surface area (Å²) in [5, 5.41) is 0. The number of hydrogen-bond acceptors (Lipinski definition) is 6. The fourth-order valence-corrected chi connectivity index (χ4v) is 8.01. The highest BCUT2D eigenvalue weighted by molar-refractivity contribution is 5.71. The molecular weight excluding hydrogens is 1020 g/mol. The molecule has 1 unspecified atom stereocenters. The van der Waals surface area contributed by atoms with Gasteiger partial charge in [0.2, 0.25) is 0 Å². The van der Waals surface area contributed by atoms with Crippen molar-refractivity contribution < 1.29 is 28.6 Å². The molecule has 0 radical (unpaired) electrons. The summed E-state index contributed by atoms with van der Waals surface area (Å²) in [4.78, 5) is 38.3. The summed E-state index contributed by atoms with van der Waals surface area (Å²) in [5.74, 6) is -1.04. The SMILES string of the molecule is CC/C=C\C/C=C\C/C=C\C/C=C\C/C=C\C/C=C\C/C=C\C/C=C\C/C=C\CCCCCC(=O)OCC(COC(=O)CCCCCCCCC/C=C\C/C=C\C/C=C\CC)OC(=O)CCC/C=C\C/C=C\C/C=C\C/C=C\C/C=C\CC. The molecule has 0 saturated carbocycles. The van der Waals surface area contributed by atoms with Crippen molar-refractivity contribution in [1.29, 1.82) is 0 Å². The predicted molar refractivity (Wildman–Crippen MR) is 361 cm³/mol. The topological polar surface area (TPSA) is 78.9 Å². The van der Waals surface area contributed by atoms with E-state index in [-0.39, 0.29) is 37.5 Å². The zero-order valence-corrected chi connectivity index (χ0v) is 52.6. The Bertz CT molecular complexity index is 2030. The Kier molecular flexibility index (Phi) is 63.5. The van der Waals surface area contributed by atoms with Crippen LogP contribution in [0.15, 0.2) is 207 Å². The van der Waals surface area contributed by atoms with Crippen LogP contribution in [0.25, 0.3) is 0 Å². The Balaban J connectivity index is 4.52. The molecule has 0 aromatic heterocycles. The van der Waals surface area contributed by atoms with Crippen molar-refractivity contribution in [3.05, 3.63) is 207 Å². The summed E-state index contributed by atoms with van der Waals surface area (Å²) in [6.07, 6.45) is 106. The Morgan fingerprint density at radius 2 is 0.446 bits per heavy atom. The van der Waals surface area contributed by atoms with E-state index in [0.717, 1.165) is 167 Å². The maximum absolute atomic E-state index is 12.9. The van der Waals surface area contributed by atoms with Gasteiger partial charge in [-0.3, -0.25) is 14.4 Å². The van der Waals surface area contributed by atoms with E-state index >= 15 is 0 Å². The van der Waals surface area contributed by atoms with Crippen molar-refractivity contribution in [1.82, 2.24) is 0 Å². The van der Waals surface area contributed by atoms with Crippen molar-refractivity contribution in [2.24, 2.45) is 0 Å². The molecule has 6 nitrogen and oxygen atoms in total. The van der Waals surface area contributed by atoms with E-state index in [1.165, 1.54) is 25.7 Å². The van der Waals surface area contributed by atoms with Crippen LogP contribution >= 0.6 is 0 Å². The molecule has 0 bridgehead atoms. The molecular formula is C77H116O6. The van der Waals surface area contributed by atoms with Crippen molar-refractivity contribution in [2.75, 3.05) is 13.2 Å². The Morgan fingerprint density at radius 3 is 0.723 bits per heavy atom. The lowest BCUT2D eigenvalue weighted by Crippen LogP contribution is -2.30. The molecule has 83 heavy (non-hydrogen) atoms. The maximum atomic E-state index is 12.9. The molecule has 0 spiro atoms. The first-order valence-corrected chi connectivity index (χ1v) is 32.6. The summed E-state index contributed by atoms with van der Waals surface area (Å²) in [7, 11) is 0. The second kappa shape index (κ2) is 68.5. The fourth-order valence-electron chi connectivity index (χ4n) is 8.01. The molecule has 0 aliphatic carbocycles. The van der Waals surface area contributed by atoms with E-state index in [9.17, 15) is 14.4 Å². The predicted octanol–water partition coefficient (Wildman–Crippen LogP) is 22.8. The minimum atomic E-state index is -0.841. The number of carbonyl (C=O) groups is 3. The van der Waals surface area contributed by atoms with E-state index in [1.54, 1.807) is 0 Å². The number of esters is 3. The molecule has 0 aromatic rings. The molecule has 0 aromatic carbocycles. The average Bonchev–Trinajstić information content (AvgIpc) is 3.49. The van der Waals surface area contributed by atoms with Crippen LogP contribution in [0.4, 0.5) is 0 Å². The van der Waals surface area contributed by atoms with Gasteiger partial charge in [-0.25, -0.2) is 0 Å². The minimum Gasteiger partial charge on any atom is -0.462 e. The number of unbranched alkanes of at least 4 members (excludes halogenated alkanes) is 11. The van der Waals surface area contributed by atoms with Gasteiger partial charge in [0.1, 0.15) is 13.2 Å². The summed E-state index contributed by atoms with van der Waals surface area (Å²) in [6, 6.07) is 0. The smallest absolute Gasteiger partial charge is 0.306 e. The first-order chi connectivity index (χ1) is 41.0. The van der Waals surface area contributed by atoms with Crippen LogP contribution in [0, 0.1) is 0 Å². The normalized spacial score (nSPS) is 13.5. The lowest BCUT2D eigenvalue weighted by molar-refractivity contribution is -0.167. The molecule has 0 aliphatic rings. The van der Waals surface area contributed by atoms with E-state index in [1.807, 2.05) is 0 Å². The van der Waals surface area contributed by atoms with E-state index in [0.29, 0.717) is 19.3 Å². The van der Waals surface area contributed by atoms with Gasteiger partial charge in [-0.2, -0.15) is 0 Å².